The molecule has 1 aromatic carbocycles. The highest BCUT2D eigenvalue weighted by molar-refractivity contribution is 5.36. The van der Waals surface area contributed by atoms with Crippen LogP contribution in [0.25, 0.3) is 0 Å². The second-order valence-corrected chi connectivity index (χ2v) is 5.14. The van der Waals surface area contributed by atoms with Crippen molar-refractivity contribution in [2.45, 2.75) is 39.5 Å². The van der Waals surface area contributed by atoms with E-state index in [0.717, 1.165) is 5.69 Å². The normalized spacial score (nSPS) is 12.7. The summed E-state index contributed by atoms with van der Waals surface area (Å²) < 4.78 is 20.8. The number of benzene rings is 1. The first-order valence-electron chi connectivity index (χ1n) is 6.69. The van der Waals surface area contributed by atoms with Crippen molar-refractivity contribution in [3.63, 3.8) is 0 Å². The van der Waals surface area contributed by atoms with Crippen LogP contribution >= 0.6 is 0 Å². The van der Waals surface area contributed by atoms with Crippen molar-refractivity contribution in [2.24, 2.45) is 5.73 Å². The molecule has 1 aromatic heterocycles. The van der Waals surface area contributed by atoms with Crippen LogP contribution in [0.15, 0.2) is 30.5 Å². The zero-order chi connectivity index (χ0) is 14.7. The molecule has 0 radical (unpaired) electrons. The van der Waals surface area contributed by atoms with Gasteiger partial charge in [-0.3, -0.25) is 4.68 Å². The van der Waals surface area contributed by atoms with Crippen LogP contribution in [-0.2, 0) is 6.61 Å². The van der Waals surface area contributed by atoms with Crippen LogP contribution in [0, 0.1) is 5.82 Å². The van der Waals surface area contributed by atoms with Crippen molar-refractivity contribution >= 4 is 0 Å². The van der Waals surface area contributed by atoms with Crippen molar-refractivity contribution in [1.82, 2.24) is 9.78 Å². The van der Waals surface area contributed by atoms with Gasteiger partial charge in [-0.15, -0.1) is 0 Å². The zero-order valence-electron chi connectivity index (χ0n) is 12.0. The minimum Gasteiger partial charge on any atom is -0.487 e. The molecule has 0 fully saturated rings. The van der Waals surface area contributed by atoms with Crippen LogP contribution in [0.3, 0.4) is 0 Å². The third-order valence-electron chi connectivity index (χ3n) is 3.03. The first-order valence-corrected chi connectivity index (χ1v) is 6.69. The Bertz CT molecular complexity index is 578. The molecule has 0 spiro atoms. The number of aromatic nitrogens is 2. The van der Waals surface area contributed by atoms with Crippen LogP contribution in [0.1, 0.15) is 44.1 Å². The van der Waals surface area contributed by atoms with Crippen LogP contribution < -0.4 is 10.5 Å². The minimum absolute atomic E-state index is 0.283. The molecule has 0 saturated heterocycles. The first kappa shape index (κ1) is 14.5. The summed E-state index contributed by atoms with van der Waals surface area (Å²) in [6.07, 6.45) is 1.92. The van der Waals surface area contributed by atoms with Gasteiger partial charge in [-0.05, 0) is 45.0 Å². The van der Waals surface area contributed by atoms with E-state index in [1.54, 1.807) is 13.0 Å². The Hall–Kier alpha value is -1.88. The Morgan fingerprint density at radius 1 is 1.30 bits per heavy atom. The average Bonchev–Trinajstić information content (AvgIpc) is 2.86. The lowest BCUT2D eigenvalue weighted by Gasteiger charge is -2.13. The molecule has 0 amide bonds. The molecular formula is C15H20FN3O. The lowest BCUT2D eigenvalue weighted by atomic mass is 10.1. The fourth-order valence-corrected chi connectivity index (χ4v) is 1.90. The molecule has 4 nitrogen and oxygen atoms in total. The molecule has 2 N–H and O–H groups in total. The van der Waals surface area contributed by atoms with E-state index >= 15 is 0 Å². The summed E-state index contributed by atoms with van der Waals surface area (Å²) in [6, 6.07) is 6.33. The van der Waals surface area contributed by atoms with E-state index in [4.69, 9.17) is 10.5 Å². The predicted octanol–water partition coefficient (Wildman–Crippen LogP) is 3.20. The standard InChI is InChI=1S/C15H20FN3O/c1-10(2)19-7-6-13(18-19)9-20-15-5-4-12(16)8-14(15)11(3)17/h4-8,10-11H,9,17H2,1-3H3. The zero-order valence-corrected chi connectivity index (χ0v) is 12.0. The third kappa shape index (κ3) is 3.36. The molecule has 20 heavy (non-hydrogen) atoms. The van der Waals surface area contributed by atoms with Crippen molar-refractivity contribution in [3.05, 3.63) is 47.5 Å². The van der Waals surface area contributed by atoms with Crippen LogP contribution in [-0.4, -0.2) is 9.78 Å². The van der Waals surface area contributed by atoms with Gasteiger partial charge in [0, 0.05) is 23.8 Å². The molecule has 1 heterocycles. The maximum Gasteiger partial charge on any atom is 0.132 e. The summed E-state index contributed by atoms with van der Waals surface area (Å²) in [5, 5.41) is 4.40. The van der Waals surface area contributed by atoms with Crippen molar-refractivity contribution < 1.29 is 9.13 Å². The molecule has 5 heteroatoms. The van der Waals surface area contributed by atoms with Gasteiger partial charge in [-0.25, -0.2) is 4.39 Å². The van der Waals surface area contributed by atoms with Gasteiger partial charge in [0.05, 0.1) is 5.69 Å². The highest BCUT2D eigenvalue weighted by Gasteiger charge is 2.10. The summed E-state index contributed by atoms with van der Waals surface area (Å²) in [6.45, 7) is 6.26. The topological polar surface area (TPSA) is 53.1 Å². The molecule has 0 aliphatic heterocycles. The Balaban J connectivity index is 2.10. The van der Waals surface area contributed by atoms with Gasteiger partial charge in [-0.2, -0.15) is 5.10 Å². The van der Waals surface area contributed by atoms with E-state index in [0.29, 0.717) is 24.0 Å². The van der Waals surface area contributed by atoms with E-state index in [1.165, 1.54) is 12.1 Å². The van der Waals surface area contributed by atoms with Crippen LogP contribution in [0.5, 0.6) is 5.75 Å². The molecule has 2 rings (SSSR count). The first-order chi connectivity index (χ1) is 9.47. The summed E-state index contributed by atoms with van der Waals surface area (Å²) in [7, 11) is 0. The number of hydrogen-bond acceptors (Lipinski definition) is 3. The fraction of sp³-hybridized carbons (Fsp3) is 0.400. The Morgan fingerprint density at radius 2 is 2.05 bits per heavy atom. The van der Waals surface area contributed by atoms with Gasteiger partial charge >= 0.3 is 0 Å². The lowest BCUT2D eigenvalue weighted by Crippen LogP contribution is -2.09. The van der Waals surface area contributed by atoms with Gasteiger partial charge in [0.1, 0.15) is 18.2 Å². The summed E-state index contributed by atoms with van der Waals surface area (Å²) >= 11 is 0. The SMILES string of the molecule is CC(N)c1cc(F)ccc1OCc1ccn(C(C)C)n1. The highest BCUT2D eigenvalue weighted by atomic mass is 19.1. The molecule has 0 aliphatic rings. The largest absolute Gasteiger partial charge is 0.487 e. The Kier molecular flexibility index (Phi) is 4.39. The fourth-order valence-electron chi connectivity index (χ4n) is 1.90. The summed E-state index contributed by atoms with van der Waals surface area (Å²) in [5.41, 5.74) is 7.32. The molecule has 1 unspecified atom stereocenters. The Morgan fingerprint density at radius 3 is 2.65 bits per heavy atom. The number of rotatable bonds is 5. The summed E-state index contributed by atoms with van der Waals surface area (Å²) in [4.78, 5) is 0. The predicted molar refractivity (Wildman–Crippen MR) is 75.9 cm³/mol. The van der Waals surface area contributed by atoms with E-state index in [1.807, 2.05) is 16.9 Å². The lowest BCUT2D eigenvalue weighted by molar-refractivity contribution is 0.293. The average molecular weight is 277 g/mol. The number of ether oxygens (including phenoxy) is 1. The molecule has 108 valence electrons. The molecule has 2 aromatic rings. The second kappa shape index (κ2) is 6.05. The molecular weight excluding hydrogens is 257 g/mol. The molecule has 1 atom stereocenters. The van der Waals surface area contributed by atoms with Gasteiger partial charge in [0.2, 0.25) is 0 Å². The van der Waals surface area contributed by atoms with Gasteiger partial charge < -0.3 is 10.5 Å². The van der Waals surface area contributed by atoms with Gasteiger partial charge in [-0.1, -0.05) is 0 Å². The Labute approximate surface area is 118 Å². The number of nitrogens with zero attached hydrogens (tertiary/aromatic N) is 2. The molecule has 0 saturated carbocycles. The van der Waals surface area contributed by atoms with Crippen LogP contribution in [0.4, 0.5) is 4.39 Å². The van der Waals surface area contributed by atoms with Gasteiger partial charge in [0.15, 0.2) is 0 Å². The number of halogens is 1. The maximum atomic E-state index is 13.2. The second-order valence-electron chi connectivity index (χ2n) is 5.14. The van der Waals surface area contributed by atoms with Crippen LogP contribution in [0.2, 0.25) is 0 Å². The highest BCUT2D eigenvalue weighted by Crippen LogP contribution is 2.25. The number of nitrogens with two attached hydrogens (primary N) is 1. The molecule has 0 bridgehead atoms. The molecule has 0 aliphatic carbocycles. The summed E-state index contributed by atoms with van der Waals surface area (Å²) in [5.74, 6) is 0.286. The maximum absolute atomic E-state index is 13.2. The van der Waals surface area contributed by atoms with Crippen molar-refractivity contribution in [1.29, 1.82) is 0 Å². The number of hydrogen-bond donors (Lipinski definition) is 1. The van der Waals surface area contributed by atoms with E-state index < -0.39 is 0 Å². The van der Waals surface area contributed by atoms with E-state index in [9.17, 15) is 4.39 Å². The van der Waals surface area contributed by atoms with Crippen molar-refractivity contribution in [2.75, 3.05) is 0 Å². The van der Waals surface area contributed by atoms with E-state index in [2.05, 4.69) is 18.9 Å². The van der Waals surface area contributed by atoms with E-state index in [-0.39, 0.29) is 11.9 Å². The van der Waals surface area contributed by atoms with Crippen molar-refractivity contribution in [3.8, 4) is 5.75 Å². The minimum atomic E-state index is -0.311. The monoisotopic (exact) mass is 277 g/mol. The quantitative estimate of drug-likeness (QED) is 0.913. The third-order valence-corrected chi connectivity index (χ3v) is 3.03. The van der Waals surface area contributed by atoms with Gasteiger partial charge in [0.25, 0.3) is 0 Å². The smallest absolute Gasteiger partial charge is 0.132 e.